The second-order valence-electron chi connectivity index (χ2n) is 6.10. The molecule has 27 heavy (non-hydrogen) atoms. The summed E-state index contributed by atoms with van der Waals surface area (Å²) in [5, 5.41) is 0.567. The van der Waals surface area contributed by atoms with E-state index in [1.807, 2.05) is 18.2 Å². The molecular weight excluding hydrogens is 440 g/mol. The predicted octanol–water partition coefficient (Wildman–Crippen LogP) is 2.06. The number of amidine groups is 1. The maximum Gasteiger partial charge on any atom is 0.328 e. The summed E-state index contributed by atoms with van der Waals surface area (Å²) in [5.74, 6) is -1.14. The van der Waals surface area contributed by atoms with E-state index in [-0.39, 0.29) is 6.61 Å². The zero-order chi connectivity index (χ0) is 19.7. The Morgan fingerprint density at radius 2 is 2.04 bits per heavy atom. The van der Waals surface area contributed by atoms with Crippen LogP contribution in [0.2, 0.25) is 5.02 Å². The lowest BCUT2D eigenvalue weighted by Crippen LogP contribution is -2.65. The van der Waals surface area contributed by atoms with Crippen molar-refractivity contribution in [1.82, 2.24) is 14.7 Å². The van der Waals surface area contributed by atoms with E-state index in [2.05, 4.69) is 20.9 Å². The quantitative estimate of drug-likeness (QED) is 0.499. The van der Waals surface area contributed by atoms with Crippen LogP contribution in [0, 0.1) is 0 Å². The summed E-state index contributed by atoms with van der Waals surface area (Å²) in [6, 6.07) is 5.95. The third-order valence-electron chi connectivity index (χ3n) is 4.43. The topological polar surface area (TPSA) is 82.5 Å². The summed E-state index contributed by atoms with van der Waals surface area (Å²) >= 11 is 9.62. The smallest absolute Gasteiger partial charge is 0.328 e. The number of benzene rings is 1. The second-order valence-corrected chi connectivity index (χ2v) is 7.22. The van der Waals surface area contributed by atoms with Crippen molar-refractivity contribution in [1.29, 1.82) is 0 Å². The van der Waals surface area contributed by atoms with Crippen molar-refractivity contribution >= 4 is 50.2 Å². The number of aliphatic imine (C=N–C) groups is 1. The van der Waals surface area contributed by atoms with Crippen LogP contribution in [0.15, 0.2) is 29.3 Å². The summed E-state index contributed by atoms with van der Waals surface area (Å²) < 4.78 is 5.32. The molecule has 0 aliphatic carbocycles. The van der Waals surface area contributed by atoms with Crippen LogP contribution in [0.5, 0.6) is 0 Å². The van der Waals surface area contributed by atoms with Gasteiger partial charge in [-0.3, -0.25) is 14.5 Å². The van der Waals surface area contributed by atoms with Gasteiger partial charge in [0.15, 0.2) is 17.0 Å². The van der Waals surface area contributed by atoms with Gasteiger partial charge in [0, 0.05) is 18.6 Å². The van der Waals surface area contributed by atoms with Gasteiger partial charge in [-0.25, -0.2) is 9.79 Å². The van der Waals surface area contributed by atoms with Crippen molar-refractivity contribution < 1.29 is 19.1 Å². The lowest BCUT2D eigenvalue weighted by Gasteiger charge is -2.40. The Hall–Kier alpha value is -2.13. The van der Waals surface area contributed by atoms with Gasteiger partial charge in [-0.15, -0.1) is 0 Å². The molecular formula is C17H18BrClN4O4. The highest BCUT2D eigenvalue weighted by Crippen LogP contribution is 2.31. The van der Waals surface area contributed by atoms with E-state index in [4.69, 9.17) is 16.3 Å². The number of halogens is 2. The minimum atomic E-state index is -0.757. The molecule has 0 saturated carbocycles. The van der Waals surface area contributed by atoms with E-state index in [0.29, 0.717) is 16.3 Å². The first-order valence-corrected chi connectivity index (χ1v) is 9.49. The number of rotatable bonds is 5. The molecule has 10 heteroatoms. The normalized spacial score (nSPS) is 22.1. The monoisotopic (exact) mass is 456 g/mol. The van der Waals surface area contributed by atoms with Crippen molar-refractivity contribution in [3.8, 4) is 0 Å². The Bertz CT molecular complexity index is 818. The number of fused-ring (bicyclic) bond motifs is 1. The molecule has 1 saturated heterocycles. The van der Waals surface area contributed by atoms with Gasteiger partial charge >= 0.3 is 12.0 Å². The first kappa shape index (κ1) is 19.6. The zero-order valence-corrected chi connectivity index (χ0v) is 17.1. The third-order valence-corrected chi connectivity index (χ3v) is 5.46. The van der Waals surface area contributed by atoms with Crippen LogP contribution in [-0.2, 0) is 20.9 Å². The number of carbonyl (C=O) groups is 3. The lowest BCUT2D eigenvalue weighted by molar-refractivity contribution is -0.150. The molecule has 2 aliphatic heterocycles. The van der Waals surface area contributed by atoms with Crippen LogP contribution in [0.1, 0.15) is 12.5 Å². The fourth-order valence-corrected chi connectivity index (χ4v) is 3.85. The minimum absolute atomic E-state index is 0.171. The maximum atomic E-state index is 13.0. The summed E-state index contributed by atoms with van der Waals surface area (Å²) in [4.78, 5) is 45.8. The number of hydrogen-bond donors (Lipinski definition) is 0. The Morgan fingerprint density at radius 1 is 1.33 bits per heavy atom. The van der Waals surface area contributed by atoms with Crippen molar-refractivity contribution in [3.05, 3.63) is 34.9 Å². The molecule has 1 fully saturated rings. The number of imide groups is 1. The zero-order valence-electron chi connectivity index (χ0n) is 14.8. The highest BCUT2D eigenvalue weighted by Gasteiger charge is 2.52. The van der Waals surface area contributed by atoms with Crippen LogP contribution in [-0.4, -0.2) is 69.8 Å². The fourth-order valence-electron chi connectivity index (χ4n) is 3.10. The fraction of sp³-hybridized carbons (Fsp3) is 0.412. The number of carbonyl (C=O) groups excluding carboxylic acids is 3. The number of hydrogen-bond acceptors (Lipinski definition) is 6. The Kier molecular flexibility index (Phi) is 5.71. The summed E-state index contributed by atoms with van der Waals surface area (Å²) in [6.07, 6.45) is -0.680. The van der Waals surface area contributed by atoms with E-state index >= 15 is 0 Å². The van der Waals surface area contributed by atoms with Crippen molar-refractivity contribution in [2.45, 2.75) is 25.7 Å². The highest BCUT2D eigenvalue weighted by molar-refractivity contribution is 9.18. The van der Waals surface area contributed by atoms with E-state index in [1.165, 1.54) is 4.90 Å². The van der Waals surface area contributed by atoms with E-state index in [1.54, 1.807) is 24.9 Å². The standard InChI is InChI=1S/C17H18BrClN4O4/c1-3-27-12(24)9-23-15(25)13-14(21(2)17(23)26)20-16(18)22(13)8-10-6-4-5-7-11(10)19/h4-7,13-14H,3,8-9H2,1-2H3. The van der Waals surface area contributed by atoms with Crippen LogP contribution in [0.3, 0.4) is 0 Å². The predicted molar refractivity (Wildman–Crippen MR) is 102 cm³/mol. The molecule has 8 nitrogen and oxygen atoms in total. The molecule has 144 valence electrons. The molecule has 2 atom stereocenters. The number of esters is 1. The molecule has 0 radical (unpaired) electrons. The molecule has 3 amide bonds. The van der Waals surface area contributed by atoms with Gasteiger partial charge in [0.2, 0.25) is 0 Å². The Balaban J connectivity index is 1.88. The van der Waals surface area contributed by atoms with Gasteiger partial charge < -0.3 is 14.5 Å². The van der Waals surface area contributed by atoms with Gasteiger partial charge in [-0.2, -0.15) is 0 Å². The molecule has 0 N–H and O–H groups in total. The van der Waals surface area contributed by atoms with Crippen LogP contribution in [0.4, 0.5) is 4.79 Å². The van der Waals surface area contributed by atoms with Crippen molar-refractivity contribution in [2.24, 2.45) is 4.99 Å². The molecule has 2 aliphatic rings. The van der Waals surface area contributed by atoms with Crippen molar-refractivity contribution in [2.75, 3.05) is 20.2 Å². The number of nitrogens with zero attached hydrogens (tertiary/aromatic N) is 4. The van der Waals surface area contributed by atoms with Gasteiger partial charge in [0.25, 0.3) is 5.91 Å². The highest BCUT2D eigenvalue weighted by atomic mass is 79.9. The average molecular weight is 458 g/mol. The molecule has 3 rings (SSSR count). The van der Waals surface area contributed by atoms with E-state index < -0.39 is 36.7 Å². The molecule has 0 aromatic heterocycles. The largest absolute Gasteiger partial charge is 0.465 e. The minimum Gasteiger partial charge on any atom is -0.465 e. The van der Waals surface area contributed by atoms with Crippen LogP contribution in [0.25, 0.3) is 0 Å². The number of ether oxygens (including phenoxy) is 1. The van der Waals surface area contributed by atoms with Gasteiger partial charge in [0.05, 0.1) is 6.61 Å². The van der Waals surface area contributed by atoms with Gasteiger partial charge in [-0.05, 0) is 34.5 Å². The molecule has 1 aromatic carbocycles. The van der Waals surface area contributed by atoms with E-state index in [9.17, 15) is 14.4 Å². The number of urea groups is 1. The lowest BCUT2D eigenvalue weighted by atomic mass is 10.1. The molecule has 0 bridgehead atoms. The van der Waals surface area contributed by atoms with E-state index in [0.717, 1.165) is 10.5 Å². The Morgan fingerprint density at radius 3 is 2.70 bits per heavy atom. The summed E-state index contributed by atoms with van der Waals surface area (Å²) in [7, 11) is 1.55. The molecule has 2 unspecified atom stereocenters. The second kappa shape index (κ2) is 7.85. The van der Waals surface area contributed by atoms with Crippen LogP contribution < -0.4 is 0 Å². The van der Waals surface area contributed by atoms with Gasteiger partial charge in [0.1, 0.15) is 6.54 Å². The molecule has 1 aromatic rings. The molecule has 2 heterocycles. The number of amides is 3. The maximum absolute atomic E-state index is 13.0. The van der Waals surface area contributed by atoms with Crippen molar-refractivity contribution in [3.63, 3.8) is 0 Å². The first-order chi connectivity index (χ1) is 12.8. The average Bonchev–Trinajstić information content (AvgIpc) is 2.96. The molecule has 0 spiro atoms. The van der Waals surface area contributed by atoms with Gasteiger partial charge in [-0.1, -0.05) is 29.8 Å². The summed E-state index contributed by atoms with van der Waals surface area (Å²) in [6.45, 7) is 1.72. The SMILES string of the molecule is CCOC(=O)CN1C(=O)C2C(N=C(Br)N2Cc2ccccc2Cl)N(C)C1=O. The number of likely N-dealkylation sites (N-methyl/N-ethyl adjacent to an activating group) is 1. The third kappa shape index (κ3) is 3.66. The van der Waals surface area contributed by atoms with Crippen LogP contribution >= 0.6 is 27.5 Å². The Labute approximate surface area is 169 Å². The summed E-state index contributed by atoms with van der Waals surface area (Å²) in [5.41, 5.74) is 0.816. The first-order valence-electron chi connectivity index (χ1n) is 8.32.